The lowest BCUT2D eigenvalue weighted by molar-refractivity contribution is -0.0206. The number of hydrogen-bond acceptors (Lipinski definition) is 2. The maximum atomic E-state index is 6.04. The average Bonchev–Trinajstić information content (AvgIpc) is 2.65. The second-order valence-corrected chi connectivity index (χ2v) is 6.20. The quantitative estimate of drug-likeness (QED) is 0.902. The summed E-state index contributed by atoms with van der Waals surface area (Å²) >= 11 is 6.04. The van der Waals surface area contributed by atoms with Crippen LogP contribution in [0, 0.1) is 0 Å². The molecule has 100 valence electrons. The van der Waals surface area contributed by atoms with Gasteiger partial charge in [-0.05, 0) is 63.3 Å². The molecule has 2 rings (SSSR count). The molecule has 1 saturated heterocycles. The molecule has 0 aliphatic carbocycles. The van der Waals surface area contributed by atoms with Gasteiger partial charge in [-0.25, -0.2) is 0 Å². The third-order valence-electron chi connectivity index (χ3n) is 3.71. The lowest BCUT2D eigenvalue weighted by atomic mass is 9.92. The summed E-state index contributed by atoms with van der Waals surface area (Å²) in [5, 5.41) is 0.777. The van der Waals surface area contributed by atoms with Gasteiger partial charge < -0.3 is 10.5 Å². The van der Waals surface area contributed by atoms with Gasteiger partial charge in [-0.1, -0.05) is 23.7 Å². The van der Waals surface area contributed by atoms with Crippen molar-refractivity contribution in [3.05, 3.63) is 34.9 Å². The molecule has 2 nitrogen and oxygen atoms in total. The van der Waals surface area contributed by atoms with E-state index in [4.69, 9.17) is 22.1 Å². The van der Waals surface area contributed by atoms with E-state index in [2.05, 4.69) is 19.9 Å². The first kappa shape index (κ1) is 13.9. The van der Waals surface area contributed by atoms with E-state index in [1.165, 1.54) is 5.56 Å². The van der Waals surface area contributed by atoms with E-state index in [9.17, 15) is 0 Å². The van der Waals surface area contributed by atoms with E-state index in [1.54, 1.807) is 0 Å². The van der Waals surface area contributed by atoms with Crippen LogP contribution in [-0.2, 0) is 4.74 Å². The van der Waals surface area contributed by atoms with Crippen molar-refractivity contribution in [3.8, 4) is 0 Å². The first-order valence-corrected chi connectivity index (χ1v) is 7.01. The standard InChI is InChI=1S/C15H22ClNO/c1-15(2)7-6-14(18-15)9-12(10-17)11-4-3-5-13(16)8-11/h3-5,8,12,14H,6-7,9-10,17H2,1-2H3. The van der Waals surface area contributed by atoms with E-state index in [-0.39, 0.29) is 5.60 Å². The number of nitrogens with two attached hydrogens (primary N) is 1. The van der Waals surface area contributed by atoms with Crippen molar-refractivity contribution in [2.45, 2.75) is 50.7 Å². The lowest BCUT2D eigenvalue weighted by Crippen LogP contribution is -2.23. The maximum Gasteiger partial charge on any atom is 0.0631 e. The van der Waals surface area contributed by atoms with Crippen LogP contribution >= 0.6 is 11.6 Å². The van der Waals surface area contributed by atoms with Crippen molar-refractivity contribution in [2.75, 3.05) is 6.54 Å². The molecule has 0 amide bonds. The minimum Gasteiger partial charge on any atom is -0.372 e. The van der Waals surface area contributed by atoms with Crippen LogP contribution in [0.25, 0.3) is 0 Å². The molecular formula is C15H22ClNO. The van der Waals surface area contributed by atoms with Crippen LogP contribution in [-0.4, -0.2) is 18.2 Å². The second-order valence-electron chi connectivity index (χ2n) is 5.76. The van der Waals surface area contributed by atoms with E-state index in [1.807, 2.05) is 18.2 Å². The number of hydrogen-bond donors (Lipinski definition) is 1. The summed E-state index contributed by atoms with van der Waals surface area (Å²) in [6.45, 7) is 4.95. The second kappa shape index (κ2) is 5.60. The highest BCUT2D eigenvalue weighted by molar-refractivity contribution is 6.30. The number of rotatable bonds is 4. The molecule has 3 heteroatoms. The van der Waals surface area contributed by atoms with Crippen LogP contribution in [0.3, 0.4) is 0 Å². The zero-order chi connectivity index (χ0) is 13.2. The molecule has 2 atom stereocenters. The lowest BCUT2D eigenvalue weighted by Gasteiger charge is -2.23. The van der Waals surface area contributed by atoms with Gasteiger partial charge in [0.1, 0.15) is 0 Å². The molecule has 0 spiro atoms. The van der Waals surface area contributed by atoms with Gasteiger partial charge in [-0.15, -0.1) is 0 Å². The van der Waals surface area contributed by atoms with Crippen molar-refractivity contribution in [1.82, 2.24) is 0 Å². The summed E-state index contributed by atoms with van der Waals surface area (Å²) < 4.78 is 6.04. The molecular weight excluding hydrogens is 246 g/mol. The Bertz CT molecular complexity index is 405. The SMILES string of the molecule is CC1(C)CCC(CC(CN)c2cccc(Cl)c2)O1. The molecule has 0 radical (unpaired) electrons. The van der Waals surface area contributed by atoms with Gasteiger partial charge in [0, 0.05) is 5.02 Å². The number of halogens is 1. The van der Waals surface area contributed by atoms with E-state index in [0.717, 1.165) is 24.3 Å². The fraction of sp³-hybridized carbons (Fsp3) is 0.600. The molecule has 1 aromatic rings. The predicted molar refractivity (Wildman–Crippen MR) is 76.1 cm³/mol. The highest BCUT2D eigenvalue weighted by atomic mass is 35.5. The Morgan fingerprint density at radius 3 is 2.83 bits per heavy atom. The van der Waals surface area contributed by atoms with Gasteiger partial charge in [0.25, 0.3) is 0 Å². The average molecular weight is 268 g/mol. The molecule has 1 heterocycles. The van der Waals surface area contributed by atoms with Crippen LogP contribution in [0.2, 0.25) is 5.02 Å². The molecule has 0 bridgehead atoms. The number of ether oxygens (including phenoxy) is 1. The van der Waals surface area contributed by atoms with Crippen molar-refractivity contribution >= 4 is 11.6 Å². The summed E-state index contributed by atoms with van der Waals surface area (Å²) in [6.07, 6.45) is 3.57. The Morgan fingerprint density at radius 2 is 2.28 bits per heavy atom. The molecule has 2 N–H and O–H groups in total. The maximum absolute atomic E-state index is 6.04. The van der Waals surface area contributed by atoms with Crippen molar-refractivity contribution < 1.29 is 4.74 Å². The zero-order valence-electron chi connectivity index (χ0n) is 11.2. The smallest absolute Gasteiger partial charge is 0.0631 e. The van der Waals surface area contributed by atoms with Gasteiger partial charge in [0.2, 0.25) is 0 Å². The first-order chi connectivity index (χ1) is 8.50. The molecule has 1 aliphatic rings. The summed E-state index contributed by atoms with van der Waals surface area (Å²) in [7, 11) is 0. The van der Waals surface area contributed by atoms with Crippen LogP contribution in [0.5, 0.6) is 0 Å². The highest BCUT2D eigenvalue weighted by Gasteiger charge is 2.32. The fourth-order valence-corrected chi connectivity index (χ4v) is 2.89. The highest BCUT2D eigenvalue weighted by Crippen LogP contribution is 2.34. The minimum atomic E-state index is 0.0259. The molecule has 1 aromatic carbocycles. The van der Waals surface area contributed by atoms with Gasteiger partial charge >= 0.3 is 0 Å². The monoisotopic (exact) mass is 267 g/mol. The predicted octanol–water partition coefficient (Wildman–Crippen LogP) is 3.73. The van der Waals surface area contributed by atoms with Crippen LogP contribution in [0.4, 0.5) is 0 Å². The summed E-state index contributed by atoms with van der Waals surface area (Å²) in [5.74, 6) is 0.336. The Balaban J connectivity index is 2.02. The van der Waals surface area contributed by atoms with Crippen LogP contribution in [0.15, 0.2) is 24.3 Å². The van der Waals surface area contributed by atoms with Crippen molar-refractivity contribution in [3.63, 3.8) is 0 Å². The third kappa shape index (κ3) is 3.47. The van der Waals surface area contributed by atoms with Gasteiger partial charge in [0.05, 0.1) is 11.7 Å². The third-order valence-corrected chi connectivity index (χ3v) is 3.94. The van der Waals surface area contributed by atoms with Gasteiger partial charge in [-0.2, -0.15) is 0 Å². The molecule has 0 aromatic heterocycles. The number of benzene rings is 1. The van der Waals surface area contributed by atoms with Crippen LogP contribution < -0.4 is 5.73 Å². The largest absolute Gasteiger partial charge is 0.372 e. The molecule has 0 saturated carbocycles. The molecule has 1 fully saturated rings. The van der Waals surface area contributed by atoms with E-state index < -0.39 is 0 Å². The Hall–Kier alpha value is -0.570. The minimum absolute atomic E-state index is 0.0259. The molecule has 1 aliphatic heterocycles. The van der Waals surface area contributed by atoms with E-state index in [0.29, 0.717) is 18.6 Å². The topological polar surface area (TPSA) is 35.2 Å². The summed E-state index contributed by atoms with van der Waals surface area (Å²) in [5.41, 5.74) is 7.15. The Morgan fingerprint density at radius 1 is 1.50 bits per heavy atom. The normalized spacial score (nSPS) is 24.1. The summed E-state index contributed by atoms with van der Waals surface area (Å²) in [6, 6.07) is 8.00. The van der Waals surface area contributed by atoms with Gasteiger partial charge in [0.15, 0.2) is 0 Å². The first-order valence-electron chi connectivity index (χ1n) is 6.63. The molecule has 2 unspecified atom stereocenters. The van der Waals surface area contributed by atoms with Crippen molar-refractivity contribution in [1.29, 1.82) is 0 Å². The Kier molecular flexibility index (Phi) is 4.31. The van der Waals surface area contributed by atoms with E-state index >= 15 is 0 Å². The van der Waals surface area contributed by atoms with Crippen molar-refractivity contribution in [2.24, 2.45) is 5.73 Å². The molecule has 18 heavy (non-hydrogen) atoms. The summed E-state index contributed by atoms with van der Waals surface area (Å²) in [4.78, 5) is 0. The Labute approximate surface area is 114 Å². The fourth-order valence-electron chi connectivity index (χ4n) is 2.69. The zero-order valence-corrected chi connectivity index (χ0v) is 11.9. The van der Waals surface area contributed by atoms with Crippen LogP contribution in [0.1, 0.15) is 44.6 Å². The van der Waals surface area contributed by atoms with Gasteiger partial charge in [-0.3, -0.25) is 0 Å².